The van der Waals surface area contributed by atoms with Gasteiger partial charge in [-0.3, -0.25) is 4.79 Å². The van der Waals surface area contributed by atoms with Gasteiger partial charge in [0.25, 0.3) is 5.91 Å². The largest absolute Gasteiger partial charge is 0.365 e. The second kappa shape index (κ2) is 4.62. The fourth-order valence-electron chi connectivity index (χ4n) is 3.02. The molecular weight excluding hydrogens is 264 g/mol. The molecule has 0 saturated heterocycles. The Labute approximate surface area is 123 Å². The number of carbonyl (C=O) groups excluding carboxylic acids is 1. The summed E-state index contributed by atoms with van der Waals surface area (Å²) >= 11 is 0. The van der Waals surface area contributed by atoms with Gasteiger partial charge in [-0.2, -0.15) is 0 Å². The van der Waals surface area contributed by atoms with Crippen LogP contribution in [0.15, 0.2) is 36.8 Å². The minimum atomic E-state index is -0.0153. The molecule has 2 aliphatic rings. The maximum absolute atomic E-state index is 12.7. The van der Waals surface area contributed by atoms with E-state index < -0.39 is 0 Å². The molecule has 4 rings (SSSR count). The predicted octanol–water partition coefficient (Wildman–Crippen LogP) is 2.05. The summed E-state index contributed by atoms with van der Waals surface area (Å²) in [5, 5.41) is 0. The molecule has 108 valence electrons. The number of carbonyl (C=O) groups is 1. The Morgan fingerprint density at radius 2 is 1.95 bits per heavy atom. The number of para-hydroxylation sites is 2. The number of anilines is 2. The molecule has 5 heteroatoms. The number of fused-ring (bicyclic) bond motifs is 1. The van der Waals surface area contributed by atoms with Crippen molar-refractivity contribution in [3.05, 3.63) is 42.5 Å². The quantitative estimate of drug-likeness (QED) is 0.846. The molecule has 2 aromatic rings. The molecule has 0 bridgehead atoms. The maximum atomic E-state index is 12.7. The van der Waals surface area contributed by atoms with Crippen LogP contribution in [0.3, 0.4) is 0 Å². The van der Waals surface area contributed by atoms with Gasteiger partial charge in [0, 0.05) is 32.4 Å². The minimum Gasteiger partial charge on any atom is -0.365 e. The lowest BCUT2D eigenvalue weighted by Crippen LogP contribution is -2.45. The molecule has 0 N–H and O–H groups in total. The second-order valence-electron chi connectivity index (χ2n) is 5.79. The first-order valence-corrected chi connectivity index (χ1v) is 7.39. The molecule has 21 heavy (non-hydrogen) atoms. The zero-order chi connectivity index (χ0) is 14.4. The standard InChI is InChI=1S/C16H18N4O/c1-18-10-13(17-11-18)16(21)20-9-8-19(12-6-7-12)14-4-2-3-5-15(14)20/h2-5,10-12H,6-9H2,1H3. The summed E-state index contributed by atoms with van der Waals surface area (Å²) < 4.78 is 1.81. The molecule has 0 radical (unpaired) electrons. The highest BCUT2D eigenvalue weighted by molar-refractivity contribution is 6.07. The molecule has 2 heterocycles. The Balaban J connectivity index is 1.70. The highest BCUT2D eigenvalue weighted by atomic mass is 16.2. The Morgan fingerprint density at radius 3 is 2.62 bits per heavy atom. The van der Waals surface area contributed by atoms with E-state index in [0.717, 1.165) is 18.8 Å². The molecule has 5 nitrogen and oxygen atoms in total. The van der Waals surface area contributed by atoms with Crippen molar-refractivity contribution in [2.24, 2.45) is 7.05 Å². The van der Waals surface area contributed by atoms with Gasteiger partial charge in [0.1, 0.15) is 5.69 Å². The molecule has 1 aromatic carbocycles. The Hall–Kier alpha value is -2.30. The van der Waals surface area contributed by atoms with Crippen LogP contribution in [-0.2, 0) is 7.05 Å². The minimum absolute atomic E-state index is 0.0153. The third-order valence-corrected chi connectivity index (χ3v) is 4.20. The number of amides is 1. The van der Waals surface area contributed by atoms with Crippen molar-refractivity contribution >= 4 is 17.3 Å². The molecule has 1 aromatic heterocycles. The summed E-state index contributed by atoms with van der Waals surface area (Å²) in [5.74, 6) is -0.0153. The predicted molar refractivity (Wildman–Crippen MR) is 81.7 cm³/mol. The van der Waals surface area contributed by atoms with Gasteiger partial charge in [0.15, 0.2) is 0 Å². The lowest BCUT2D eigenvalue weighted by molar-refractivity contribution is 0.0982. The lowest BCUT2D eigenvalue weighted by atomic mass is 10.1. The van der Waals surface area contributed by atoms with Crippen LogP contribution in [0.5, 0.6) is 0 Å². The lowest BCUT2D eigenvalue weighted by Gasteiger charge is -2.37. The van der Waals surface area contributed by atoms with E-state index in [0.29, 0.717) is 11.7 Å². The van der Waals surface area contributed by atoms with Crippen molar-refractivity contribution in [2.75, 3.05) is 22.9 Å². The Morgan fingerprint density at radius 1 is 1.19 bits per heavy atom. The highest BCUT2D eigenvalue weighted by Gasteiger charge is 2.35. The van der Waals surface area contributed by atoms with Gasteiger partial charge >= 0.3 is 0 Å². The molecule has 0 unspecified atom stereocenters. The average molecular weight is 282 g/mol. The van der Waals surface area contributed by atoms with Crippen LogP contribution in [0.1, 0.15) is 23.3 Å². The van der Waals surface area contributed by atoms with Crippen molar-refractivity contribution < 1.29 is 4.79 Å². The Kier molecular flexibility index (Phi) is 2.74. The van der Waals surface area contributed by atoms with Gasteiger partial charge in [-0.15, -0.1) is 0 Å². The SMILES string of the molecule is Cn1cnc(C(=O)N2CCN(C3CC3)c3ccccc32)c1. The van der Waals surface area contributed by atoms with Crippen molar-refractivity contribution in [1.29, 1.82) is 0 Å². The fourth-order valence-corrected chi connectivity index (χ4v) is 3.02. The molecule has 0 spiro atoms. The number of aryl methyl sites for hydroxylation is 1. The Bertz CT molecular complexity index is 689. The average Bonchev–Trinajstić information content (AvgIpc) is 3.26. The van der Waals surface area contributed by atoms with Crippen LogP contribution in [0.4, 0.5) is 11.4 Å². The normalized spacial score (nSPS) is 17.8. The number of rotatable bonds is 2. The third-order valence-electron chi connectivity index (χ3n) is 4.20. The first-order chi connectivity index (χ1) is 10.2. The van der Waals surface area contributed by atoms with Crippen LogP contribution in [-0.4, -0.2) is 34.6 Å². The van der Waals surface area contributed by atoms with Gasteiger partial charge in [0.05, 0.1) is 17.7 Å². The summed E-state index contributed by atoms with van der Waals surface area (Å²) in [5.41, 5.74) is 2.69. The highest BCUT2D eigenvalue weighted by Crippen LogP contribution is 2.40. The fraction of sp³-hybridized carbons (Fsp3) is 0.375. The summed E-state index contributed by atoms with van der Waals surface area (Å²) in [6.07, 6.45) is 5.98. The van der Waals surface area contributed by atoms with Gasteiger partial charge in [-0.1, -0.05) is 12.1 Å². The van der Waals surface area contributed by atoms with Crippen molar-refractivity contribution in [3.63, 3.8) is 0 Å². The van der Waals surface area contributed by atoms with Gasteiger partial charge in [-0.25, -0.2) is 4.98 Å². The topological polar surface area (TPSA) is 41.4 Å². The van der Waals surface area contributed by atoms with E-state index in [1.807, 2.05) is 30.1 Å². The second-order valence-corrected chi connectivity index (χ2v) is 5.79. The van der Waals surface area contributed by atoms with Crippen LogP contribution >= 0.6 is 0 Å². The van der Waals surface area contributed by atoms with E-state index >= 15 is 0 Å². The van der Waals surface area contributed by atoms with Crippen LogP contribution in [0.2, 0.25) is 0 Å². The van der Waals surface area contributed by atoms with E-state index in [-0.39, 0.29) is 5.91 Å². The molecule has 1 amide bonds. The number of benzene rings is 1. The number of nitrogens with zero attached hydrogens (tertiary/aromatic N) is 4. The van der Waals surface area contributed by atoms with Crippen LogP contribution in [0, 0.1) is 0 Å². The molecule has 0 atom stereocenters. The number of aromatic nitrogens is 2. The summed E-state index contributed by atoms with van der Waals surface area (Å²) in [6.45, 7) is 1.63. The van der Waals surface area contributed by atoms with Crippen molar-refractivity contribution in [1.82, 2.24) is 9.55 Å². The van der Waals surface area contributed by atoms with E-state index in [4.69, 9.17) is 0 Å². The smallest absolute Gasteiger partial charge is 0.278 e. The summed E-state index contributed by atoms with van der Waals surface area (Å²) in [7, 11) is 1.88. The van der Waals surface area contributed by atoms with Gasteiger partial charge in [0.2, 0.25) is 0 Å². The van der Waals surface area contributed by atoms with E-state index in [9.17, 15) is 4.79 Å². The van der Waals surface area contributed by atoms with E-state index in [1.165, 1.54) is 18.5 Å². The number of hydrogen-bond donors (Lipinski definition) is 0. The zero-order valence-corrected chi connectivity index (χ0v) is 12.1. The van der Waals surface area contributed by atoms with Gasteiger partial charge < -0.3 is 14.4 Å². The third kappa shape index (κ3) is 2.09. The number of imidazole rings is 1. The molecule has 1 saturated carbocycles. The van der Waals surface area contributed by atoms with E-state index in [2.05, 4.69) is 16.0 Å². The molecule has 1 fully saturated rings. The van der Waals surface area contributed by atoms with Crippen LogP contribution in [0.25, 0.3) is 0 Å². The summed E-state index contributed by atoms with van der Waals surface area (Å²) in [6, 6.07) is 8.85. The van der Waals surface area contributed by atoms with Crippen molar-refractivity contribution in [3.8, 4) is 0 Å². The first-order valence-electron chi connectivity index (χ1n) is 7.39. The monoisotopic (exact) mass is 282 g/mol. The first kappa shape index (κ1) is 12.4. The molecule has 1 aliphatic carbocycles. The van der Waals surface area contributed by atoms with E-state index in [1.54, 1.807) is 17.1 Å². The zero-order valence-electron chi connectivity index (χ0n) is 12.1. The maximum Gasteiger partial charge on any atom is 0.278 e. The summed E-state index contributed by atoms with van der Waals surface area (Å²) in [4.78, 5) is 21.2. The van der Waals surface area contributed by atoms with Crippen LogP contribution < -0.4 is 9.80 Å². The molecule has 1 aliphatic heterocycles. The number of hydrogen-bond acceptors (Lipinski definition) is 3. The van der Waals surface area contributed by atoms with Gasteiger partial charge in [-0.05, 0) is 25.0 Å². The molecular formula is C16H18N4O. The van der Waals surface area contributed by atoms with Crippen molar-refractivity contribution in [2.45, 2.75) is 18.9 Å².